The summed E-state index contributed by atoms with van der Waals surface area (Å²) in [5.74, 6) is 0.702. The Morgan fingerprint density at radius 1 is 1.39 bits per heavy atom. The van der Waals surface area contributed by atoms with Crippen LogP contribution in [0.15, 0.2) is 29.2 Å². The Morgan fingerprint density at radius 2 is 2.06 bits per heavy atom. The molecule has 18 heavy (non-hydrogen) atoms. The molecule has 2 rings (SSSR count). The number of carbonyl (C=O) groups is 1. The molecule has 0 atom stereocenters. The van der Waals surface area contributed by atoms with Crippen LogP contribution in [0.2, 0.25) is 0 Å². The molecule has 1 aliphatic rings. The van der Waals surface area contributed by atoms with Gasteiger partial charge in [0.25, 0.3) is 5.91 Å². The van der Waals surface area contributed by atoms with Gasteiger partial charge in [0.15, 0.2) is 6.61 Å². The Kier molecular flexibility index (Phi) is 4.17. The maximum Gasteiger partial charge on any atom is 0.258 e. The van der Waals surface area contributed by atoms with Crippen LogP contribution in [0, 0.1) is 0 Å². The topological polar surface area (TPSA) is 38.3 Å². The third-order valence-corrected chi connectivity index (χ3v) is 4.07. The van der Waals surface area contributed by atoms with Crippen molar-refractivity contribution in [1.29, 1.82) is 0 Å². The molecule has 0 radical (unpaired) electrons. The van der Waals surface area contributed by atoms with Gasteiger partial charge >= 0.3 is 0 Å². The Bertz CT molecular complexity index is 412. The Hall–Kier alpha value is -1.16. The number of rotatable bonds is 5. The van der Waals surface area contributed by atoms with Crippen molar-refractivity contribution >= 4 is 17.7 Å². The minimum absolute atomic E-state index is 0.00313. The van der Waals surface area contributed by atoms with Crippen LogP contribution in [0.1, 0.15) is 26.2 Å². The van der Waals surface area contributed by atoms with Crippen LogP contribution >= 0.6 is 11.8 Å². The van der Waals surface area contributed by atoms with Gasteiger partial charge in [0, 0.05) is 10.4 Å². The maximum absolute atomic E-state index is 11.7. The van der Waals surface area contributed by atoms with Gasteiger partial charge in [-0.15, -0.1) is 11.8 Å². The average molecular weight is 265 g/mol. The van der Waals surface area contributed by atoms with E-state index in [9.17, 15) is 4.79 Å². The van der Waals surface area contributed by atoms with Crippen LogP contribution in [-0.4, -0.2) is 24.3 Å². The minimum Gasteiger partial charge on any atom is -0.484 e. The summed E-state index contributed by atoms with van der Waals surface area (Å²) >= 11 is 1.69. The van der Waals surface area contributed by atoms with Gasteiger partial charge < -0.3 is 10.1 Å². The quantitative estimate of drug-likeness (QED) is 0.832. The lowest BCUT2D eigenvalue weighted by Crippen LogP contribution is -2.52. The SMILES string of the molecule is CSc1ccc(OCC(=O)NC2(C)CCC2)cc1. The van der Waals surface area contributed by atoms with E-state index in [4.69, 9.17) is 4.74 Å². The van der Waals surface area contributed by atoms with Gasteiger partial charge in [-0.25, -0.2) is 0 Å². The van der Waals surface area contributed by atoms with E-state index in [1.165, 1.54) is 11.3 Å². The summed E-state index contributed by atoms with van der Waals surface area (Å²) in [6, 6.07) is 7.77. The summed E-state index contributed by atoms with van der Waals surface area (Å²) < 4.78 is 5.46. The molecule has 0 saturated heterocycles. The first-order valence-corrected chi connectivity index (χ1v) is 7.42. The first-order chi connectivity index (χ1) is 8.61. The summed E-state index contributed by atoms with van der Waals surface area (Å²) in [6.07, 6.45) is 5.37. The van der Waals surface area contributed by atoms with E-state index in [2.05, 4.69) is 12.2 Å². The van der Waals surface area contributed by atoms with Crippen molar-refractivity contribution in [3.8, 4) is 5.75 Å². The summed E-state index contributed by atoms with van der Waals surface area (Å²) in [6.45, 7) is 2.18. The summed E-state index contributed by atoms with van der Waals surface area (Å²) in [4.78, 5) is 12.9. The first-order valence-electron chi connectivity index (χ1n) is 6.19. The highest BCUT2D eigenvalue weighted by Crippen LogP contribution is 2.30. The summed E-state index contributed by atoms with van der Waals surface area (Å²) in [5.41, 5.74) is 0.00313. The standard InChI is InChI=1S/C14H19NO2S/c1-14(8-3-9-14)15-13(16)10-17-11-4-6-12(18-2)7-5-11/h4-7H,3,8-10H2,1-2H3,(H,15,16). The predicted molar refractivity (Wildman–Crippen MR) is 74.1 cm³/mol. The molecular weight excluding hydrogens is 246 g/mol. The number of hydrogen-bond acceptors (Lipinski definition) is 3. The third kappa shape index (κ3) is 3.42. The molecule has 0 bridgehead atoms. The molecule has 1 saturated carbocycles. The van der Waals surface area contributed by atoms with Gasteiger partial charge in [-0.3, -0.25) is 4.79 Å². The van der Waals surface area contributed by atoms with Crippen LogP contribution in [0.25, 0.3) is 0 Å². The molecule has 4 heteroatoms. The second-order valence-corrected chi connectivity index (χ2v) is 5.81. The lowest BCUT2D eigenvalue weighted by atomic mass is 9.78. The smallest absolute Gasteiger partial charge is 0.258 e. The van der Waals surface area contributed by atoms with Gasteiger partial charge in [0.2, 0.25) is 0 Å². The molecule has 98 valence electrons. The predicted octanol–water partition coefficient (Wildman–Crippen LogP) is 2.85. The normalized spacial score (nSPS) is 16.8. The van der Waals surface area contributed by atoms with E-state index >= 15 is 0 Å². The second-order valence-electron chi connectivity index (χ2n) is 4.93. The van der Waals surface area contributed by atoms with Crippen LogP contribution in [0.3, 0.4) is 0 Å². The van der Waals surface area contributed by atoms with Crippen molar-refractivity contribution in [2.75, 3.05) is 12.9 Å². The number of thioether (sulfide) groups is 1. The molecule has 0 heterocycles. The van der Waals surface area contributed by atoms with E-state index in [-0.39, 0.29) is 18.1 Å². The lowest BCUT2D eigenvalue weighted by Gasteiger charge is -2.39. The Balaban J connectivity index is 1.78. The first kappa shape index (κ1) is 13.3. The van der Waals surface area contributed by atoms with Gasteiger partial charge in [0.05, 0.1) is 0 Å². The van der Waals surface area contributed by atoms with Crippen LogP contribution in [0.4, 0.5) is 0 Å². The summed E-state index contributed by atoms with van der Waals surface area (Å²) in [5, 5.41) is 3.02. The van der Waals surface area contributed by atoms with E-state index in [0.29, 0.717) is 0 Å². The molecule has 1 amide bonds. The molecule has 0 aliphatic heterocycles. The van der Waals surface area contributed by atoms with Crippen molar-refractivity contribution in [2.45, 2.75) is 36.6 Å². The van der Waals surface area contributed by atoms with Crippen molar-refractivity contribution in [2.24, 2.45) is 0 Å². The van der Waals surface area contributed by atoms with Crippen molar-refractivity contribution < 1.29 is 9.53 Å². The molecular formula is C14H19NO2S. The molecule has 0 unspecified atom stereocenters. The number of hydrogen-bond donors (Lipinski definition) is 1. The van der Waals surface area contributed by atoms with Crippen molar-refractivity contribution in [3.05, 3.63) is 24.3 Å². The highest BCUT2D eigenvalue weighted by atomic mass is 32.2. The molecule has 1 fully saturated rings. The number of amides is 1. The fourth-order valence-electron chi connectivity index (χ4n) is 2.03. The van der Waals surface area contributed by atoms with Gasteiger partial charge in [-0.1, -0.05) is 0 Å². The van der Waals surface area contributed by atoms with Crippen molar-refractivity contribution in [1.82, 2.24) is 5.32 Å². The fourth-order valence-corrected chi connectivity index (χ4v) is 2.43. The highest BCUT2D eigenvalue weighted by molar-refractivity contribution is 7.98. The molecule has 1 aromatic carbocycles. The fraction of sp³-hybridized carbons (Fsp3) is 0.500. The van der Waals surface area contributed by atoms with Crippen molar-refractivity contribution in [3.63, 3.8) is 0 Å². The van der Waals surface area contributed by atoms with Gasteiger partial charge in [0.1, 0.15) is 5.75 Å². The number of benzene rings is 1. The Morgan fingerprint density at radius 3 is 2.56 bits per heavy atom. The van der Waals surface area contributed by atoms with E-state index in [1.807, 2.05) is 30.5 Å². The van der Waals surface area contributed by atoms with E-state index in [1.54, 1.807) is 11.8 Å². The molecule has 0 aromatic heterocycles. The number of ether oxygens (including phenoxy) is 1. The molecule has 1 aliphatic carbocycles. The number of nitrogens with one attached hydrogen (secondary N) is 1. The van der Waals surface area contributed by atoms with Gasteiger partial charge in [-0.2, -0.15) is 0 Å². The van der Waals surface area contributed by atoms with Crippen LogP contribution in [0.5, 0.6) is 5.75 Å². The molecule has 0 spiro atoms. The molecule has 3 nitrogen and oxygen atoms in total. The zero-order chi connectivity index (χ0) is 13.0. The zero-order valence-electron chi connectivity index (χ0n) is 10.9. The van der Waals surface area contributed by atoms with E-state index < -0.39 is 0 Å². The largest absolute Gasteiger partial charge is 0.484 e. The van der Waals surface area contributed by atoms with Crippen LogP contribution < -0.4 is 10.1 Å². The third-order valence-electron chi connectivity index (χ3n) is 3.33. The zero-order valence-corrected chi connectivity index (χ0v) is 11.7. The minimum atomic E-state index is -0.0360. The Labute approximate surface area is 112 Å². The maximum atomic E-state index is 11.7. The van der Waals surface area contributed by atoms with Gasteiger partial charge in [-0.05, 0) is 56.7 Å². The average Bonchev–Trinajstić information content (AvgIpc) is 2.35. The highest BCUT2D eigenvalue weighted by Gasteiger charge is 2.33. The molecule has 1 N–H and O–H groups in total. The number of carbonyl (C=O) groups excluding carboxylic acids is 1. The van der Waals surface area contributed by atoms with E-state index in [0.717, 1.165) is 18.6 Å². The monoisotopic (exact) mass is 265 g/mol. The second kappa shape index (κ2) is 5.65. The lowest BCUT2D eigenvalue weighted by molar-refractivity contribution is -0.125. The van der Waals surface area contributed by atoms with Crippen LogP contribution in [-0.2, 0) is 4.79 Å². The molecule has 1 aromatic rings. The summed E-state index contributed by atoms with van der Waals surface area (Å²) in [7, 11) is 0.